The maximum atomic E-state index is 14.5. The van der Waals surface area contributed by atoms with E-state index in [4.69, 9.17) is 4.74 Å². The zero-order valence-corrected chi connectivity index (χ0v) is 27.2. The van der Waals surface area contributed by atoms with Crippen LogP contribution >= 0.6 is 0 Å². The van der Waals surface area contributed by atoms with Crippen LogP contribution in [-0.4, -0.2) is 66.0 Å². The van der Waals surface area contributed by atoms with Crippen LogP contribution in [0.15, 0.2) is 60.2 Å². The fraction of sp³-hybridized carbons (Fsp3) is 0.421. The van der Waals surface area contributed by atoms with Gasteiger partial charge in [-0.3, -0.25) is 9.59 Å². The lowest BCUT2D eigenvalue weighted by atomic mass is 9.82. The molecule has 2 fully saturated rings. The Balaban J connectivity index is 1.25. The first kappa shape index (κ1) is 31.9. The van der Waals surface area contributed by atoms with E-state index in [1.807, 2.05) is 9.80 Å². The van der Waals surface area contributed by atoms with Crippen molar-refractivity contribution in [3.8, 4) is 5.75 Å². The summed E-state index contributed by atoms with van der Waals surface area (Å²) in [4.78, 5) is 30.5. The molecule has 3 aliphatic rings. The predicted molar refractivity (Wildman–Crippen MR) is 176 cm³/mol. The van der Waals surface area contributed by atoms with Crippen LogP contribution in [0.4, 0.5) is 8.78 Å². The molecule has 2 aliphatic heterocycles. The average molecular weight is 628 g/mol. The molecule has 46 heavy (non-hydrogen) atoms. The number of hydrogen-bond donors (Lipinski definition) is 1. The lowest BCUT2D eigenvalue weighted by Gasteiger charge is -2.44. The van der Waals surface area contributed by atoms with Crippen molar-refractivity contribution in [1.82, 2.24) is 15.1 Å². The van der Waals surface area contributed by atoms with Gasteiger partial charge in [0.1, 0.15) is 5.75 Å². The van der Waals surface area contributed by atoms with E-state index in [9.17, 15) is 18.4 Å². The number of halogens is 2. The lowest BCUT2D eigenvalue weighted by molar-refractivity contribution is -0.132. The Morgan fingerprint density at radius 2 is 1.76 bits per heavy atom. The number of ether oxygens (including phenoxy) is 1. The van der Waals surface area contributed by atoms with E-state index >= 15 is 0 Å². The van der Waals surface area contributed by atoms with E-state index in [1.165, 1.54) is 17.2 Å². The van der Waals surface area contributed by atoms with Crippen molar-refractivity contribution in [2.75, 3.05) is 26.2 Å². The Labute approximate surface area is 270 Å². The van der Waals surface area contributed by atoms with Crippen LogP contribution in [-0.2, 0) is 22.4 Å². The topological polar surface area (TPSA) is 61.9 Å². The average Bonchev–Trinajstić information content (AvgIpc) is 3.87. The Kier molecular flexibility index (Phi) is 9.27. The minimum atomic E-state index is -0.878. The second-order valence-corrected chi connectivity index (χ2v) is 13.1. The van der Waals surface area contributed by atoms with Crippen LogP contribution in [0.3, 0.4) is 0 Å². The minimum Gasteiger partial charge on any atom is -0.493 e. The highest BCUT2D eigenvalue weighted by molar-refractivity contribution is 6.03. The maximum absolute atomic E-state index is 14.5. The summed E-state index contributed by atoms with van der Waals surface area (Å²) in [7, 11) is 0. The summed E-state index contributed by atoms with van der Waals surface area (Å²) in [6.45, 7) is 9.70. The molecule has 1 N–H and O–H groups in total. The third kappa shape index (κ3) is 6.87. The molecule has 0 radical (unpaired) electrons. The SMILES string of the molecule is CC(=O)N1CC2CC(c3ccc(CCOc4cc(C)cc(C)c4C)cc3)=C(C(=O)N(CCc3cccc(F)c3F)C3CC3)C(C1)N2. The Morgan fingerprint density at radius 3 is 2.48 bits per heavy atom. The molecule has 2 unspecified atom stereocenters. The number of piperazine rings is 1. The molecule has 1 saturated heterocycles. The molecule has 2 atom stereocenters. The monoisotopic (exact) mass is 627 g/mol. The summed E-state index contributed by atoms with van der Waals surface area (Å²) < 4.78 is 34.6. The van der Waals surface area contributed by atoms with Gasteiger partial charge in [-0.25, -0.2) is 8.78 Å². The molecule has 3 aromatic carbocycles. The second-order valence-electron chi connectivity index (χ2n) is 13.1. The van der Waals surface area contributed by atoms with Gasteiger partial charge in [-0.05, 0) is 97.5 Å². The molecule has 6 rings (SSSR count). The number of hydrogen-bond acceptors (Lipinski definition) is 4. The first-order valence-electron chi connectivity index (χ1n) is 16.4. The van der Waals surface area contributed by atoms with Gasteiger partial charge < -0.3 is 19.9 Å². The van der Waals surface area contributed by atoms with E-state index < -0.39 is 11.6 Å². The maximum Gasteiger partial charge on any atom is 0.252 e. The van der Waals surface area contributed by atoms with Gasteiger partial charge >= 0.3 is 0 Å². The normalized spacial score (nSPS) is 19.3. The second kappa shape index (κ2) is 13.4. The number of aryl methyl sites for hydroxylation is 2. The lowest BCUT2D eigenvalue weighted by Crippen LogP contribution is -2.62. The van der Waals surface area contributed by atoms with Gasteiger partial charge in [-0.15, -0.1) is 0 Å². The summed E-state index contributed by atoms with van der Waals surface area (Å²) in [5.41, 5.74) is 7.64. The molecular weight excluding hydrogens is 584 g/mol. The number of amides is 2. The summed E-state index contributed by atoms with van der Waals surface area (Å²) in [5.74, 6) is -0.904. The highest BCUT2D eigenvalue weighted by Crippen LogP contribution is 2.37. The number of nitrogens with one attached hydrogen (secondary N) is 1. The molecule has 3 aromatic rings. The fourth-order valence-electron chi connectivity index (χ4n) is 6.90. The molecule has 242 valence electrons. The fourth-order valence-corrected chi connectivity index (χ4v) is 6.90. The van der Waals surface area contributed by atoms with Crippen molar-refractivity contribution in [3.05, 3.63) is 105 Å². The first-order valence-corrected chi connectivity index (χ1v) is 16.4. The summed E-state index contributed by atoms with van der Waals surface area (Å²) in [6.07, 6.45) is 3.38. The minimum absolute atomic E-state index is 0.00466. The number of rotatable bonds is 10. The van der Waals surface area contributed by atoms with Crippen LogP contribution in [0.5, 0.6) is 5.75 Å². The van der Waals surface area contributed by atoms with Crippen molar-refractivity contribution < 1.29 is 23.1 Å². The molecule has 1 saturated carbocycles. The molecule has 2 amide bonds. The number of benzene rings is 3. The van der Waals surface area contributed by atoms with E-state index in [2.05, 4.69) is 62.5 Å². The Bertz CT molecular complexity index is 1660. The molecule has 0 aromatic heterocycles. The molecule has 2 heterocycles. The van der Waals surface area contributed by atoms with Crippen molar-refractivity contribution in [3.63, 3.8) is 0 Å². The molecule has 2 bridgehead atoms. The number of fused-ring (bicyclic) bond motifs is 2. The molecule has 1 aliphatic carbocycles. The van der Waals surface area contributed by atoms with E-state index in [0.29, 0.717) is 38.2 Å². The van der Waals surface area contributed by atoms with Gasteiger partial charge in [0.05, 0.1) is 12.6 Å². The van der Waals surface area contributed by atoms with Crippen LogP contribution in [0.2, 0.25) is 0 Å². The van der Waals surface area contributed by atoms with Crippen LogP contribution < -0.4 is 10.1 Å². The summed E-state index contributed by atoms with van der Waals surface area (Å²) >= 11 is 0. The third-order valence-corrected chi connectivity index (χ3v) is 9.70. The highest BCUT2D eigenvalue weighted by Gasteiger charge is 2.42. The van der Waals surface area contributed by atoms with Gasteiger partial charge in [0.15, 0.2) is 11.6 Å². The zero-order chi connectivity index (χ0) is 32.5. The quantitative estimate of drug-likeness (QED) is 0.296. The van der Waals surface area contributed by atoms with Crippen LogP contribution in [0.25, 0.3) is 5.57 Å². The van der Waals surface area contributed by atoms with Gasteiger partial charge in [0.2, 0.25) is 5.91 Å². The van der Waals surface area contributed by atoms with Crippen molar-refractivity contribution in [1.29, 1.82) is 0 Å². The smallest absolute Gasteiger partial charge is 0.252 e. The molecule has 0 spiro atoms. The third-order valence-electron chi connectivity index (χ3n) is 9.70. The van der Waals surface area contributed by atoms with Gasteiger partial charge in [-0.2, -0.15) is 0 Å². The van der Waals surface area contributed by atoms with Crippen LogP contribution in [0.1, 0.15) is 59.6 Å². The Hall–Kier alpha value is -4.04. The number of nitrogens with zero attached hydrogens (tertiary/aromatic N) is 2. The zero-order valence-electron chi connectivity index (χ0n) is 27.2. The molecule has 8 heteroatoms. The van der Waals surface area contributed by atoms with Crippen molar-refractivity contribution >= 4 is 17.4 Å². The van der Waals surface area contributed by atoms with E-state index in [0.717, 1.165) is 53.3 Å². The summed E-state index contributed by atoms with van der Waals surface area (Å²) in [5, 5.41) is 3.61. The summed E-state index contributed by atoms with van der Waals surface area (Å²) in [6, 6.07) is 16.6. The first-order chi connectivity index (χ1) is 22.1. The largest absolute Gasteiger partial charge is 0.493 e. The van der Waals surface area contributed by atoms with Gasteiger partial charge in [0.25, 0.3) is 5.91 Å². The number of carbonyl (C=O) groups is 2. The van der Waals surface area contributed by atoms with E-state index in [-0.39, 0.29) is 41.9 Å². The molecular formula is C38H43F2N3O3. The van der Waals surface area contributed by atoms with Gasteiger partial charge in [-0.1, -0.05) is 42.5 Å². The molecule has 6 nitrogen and oxygen atoms in total. The van der Waals surface area contributed by atoms with Crippen LogP contribution in [0, 0.1) is 32.4 Å². The standard InChI is InChI=1S/C38H43F2N3O3/c1-23-18-24(2)25(3)35(19-23)46-17-15-27-8-10-28(11-9-27)32-20-30-21-42(26(4)44)22-34(41-30)36(32)38(45)43(31-12-13-31)16-14-29-6-5-7-33(39)37(29)40/h5-11,18-19,30-31,34,41H,12-17,20-22H2,1-4H3. The van der Waals surface area contributed by atoms with Gasteiger partial charge in [0, 0.05) is 50.6 Å². The predicted octanol–water partition coefficient (Wildman–Crippen LogP) is 6.09. The van der Waals surface area contributed by atoms with E-state index in [1.54, 1.807) is 13.0 Å². The number of carbonyl (C=O) groups excluding carboxylic acids is 2. The highest BCUT2D eigenvalue weighted by atomic mass is 19.2. The van der Waals surface area contributed by atoms with Crippen molar-refractivity contribution in [2.24, 2.45) is 0 Å². The van der Waals surface area contributed by atoms with Crippen molar-refractivity contribution in [2.45, 2.75) is 77.9 Å². The Morgan fingerprint density at radius 1 is 1.00 bits per heavy atom.